The number of hydrogen-bond acceptors (Lipinski definition) is 7. The van der Waals surface area contributed by atoms with Gasteiger partial charge in [0.25, 0.3) is 11.5 Å². The molecule has 0 unspecified atom stereocenters. The third kappa shape index (κ3) is 4.00. The number of rotatable bonds is 6. The standard InChI is InChI=1S/C19H24N4O4S/c1-11-13(15(24)22-18-21-12(9-28-18)19(2,3)4)14-16(27-11)20-10-23(17(14)25)7-6-8-26-5/h9-10H,6-8H2,1-5H3,(H,21,22,24). The number of aryl methyl sites for hydroxylation is 2. The normalized spacial score (nSPS) is 11.9. The summed E-state index contributed by atoms with van der Waals surface area (Å²) in [7, 11) is 1.61. The lowest BCUT2D eigenvalue weighted by Gasteiger charge is -2.14. The van der Waals surface area contributed by atoms with Crippen molar-refractivity contribution < 1.29 is 13.9 Å². The maximum Gasteiger partial charge on any atom is 0.265 e. The Hall–Kier alpha value is -2.52. The number of furan rings is 1. The maximum absolute atomic E-state index is 12.9. The molecule has 3 rings (SSSR count). The molecule has 3 aromatic heterocycles. The number of carbonyl (C=O) groups is 1. The lowest BCUT2D eigenvalue weighted by molar-refractivity contribution is 0.102. The van der Waals surface area contributed by atoms with Gasteiger partial charge in [-0.15, -0.1) is 11.3 Å². The molecular weight excluding hydrogens is 380 g/mol. The summed E-state index contributed by atoms with van der Waals surface area (Å²) in [4.78, 5) is 34.4. The first-order valence-corrected chi connectivity index (χ1v) is 9.85. The number of anilines is 1. The lowest BCUT2D eigenvalue weighted by Crippen LogP contribution is -2.23. The van der Waals surface area contributed by atoms with E-state index in [0.717, 1.165) is 5.69 Å². The van der Waals surface area contributed by atoms with Gasteiger partial charge in [-0.3, -0.25) is 19.5 Å². The van der Waals surface area contributed by atoms with Crippen molar-refractivity contribution in [1.82, 2.24) is 14.5 Å². The maximum atomic E-state index is 12.9. The Morgan fingerprint density at radius 2 is 2.14 bits per heavy atom. The van der Waals surface area contributed by atoms with Crippen LogP contribution in [0.5, 0.6) is 0 Å². The Morgan fingerprint density at radius 3 is 2.79 bits per heavy atom. The molecular formula is C19H24N4O4S. The summed E-state index contributed by atoms with van der Waals surface area (Å²) >= 11 is 1.35. The Morgan fingerprint density at radius 1 is 1.39 bits per heavy atom. The van der Waals surface area contributed by atoms with Crippen molar-refractivity contribution in [3.8, 4) is 0 Å². The Bertz CT molecular complexity index is 1060. The number of aromatic nitrogens is 3. The zero-order valence-electron chi connectivity index (χ0n) is 16.7. The van der Waals surface area contributed by atoms with Crippen molar-refractivity contribution >= 4 is 33.5 Å². The van der Waals surface area contributed by atoms with Crippen molar-refractivity contribution in [2.75, 3.05) is 19.0 Å². The van der Waals surface area contributed by atoms with E-state index in [2.05, 4.69) is 36.1 Å². The molecule has 9 heteroatoms. The molecule has 0 fully saturated rings. The number of methoxy groups -OCH3 is 1. The van der Waals surface area contributed by atoms with Gasteiger partial charge in [-0.2, -0.15) is 0 Å². The molecule has 3 aromatic rings. The highest BCUT2D eigenvalue weighted by Gasteiger charge is 2.24. The first-order valence-electron chi connectivity index (χ1n) is 8.97. The van der Waals surface area contributed by atoms with Crippen LogP contribution in [0.15, 0.2) is 20.9 Å². The van der Waals surface area contributed by atoms with Gasteiger partial charge in [0.1, 0.15) is 17.5 Å². The molecule has 1 N–H and O–H groups in total. The number of hydrogen-bond donors (Lipinski definition) is 1. The zero-order valence-corrected chi connectivity index (χ0v) is 17.5. The van der Waals surface area contributed by atoms with E-state index >= 15 is 0 Å². The molecule has 0 saturated heterocycles. The summed E-state index contributed by atoms with van der Waals surface area (Å²) in [6, 6.07) is 0. The molecule has 150 valence electrons. The van der Waals surface area contributed by atoms with Gasteiger partial charge in [-0.05, 0) is 13.3 Å². The second-order valence-corrected chi connectivity index (χ2v) is 8.40. The molecule has 28 heavy (non-hydrogen) atoms. The first kappa shape index (κ1) is 20.2. The fraction of sp³-hybridized carbons (Fsp3) is 0.474. The minimum Gasteiger partial charge on any atom is -0.442 e. The Balaban J connectivity index is 1.94. The predicted molar refractivity (Wildman–Crippen MR) is 108 cm³/mol. The fourth-order valence-electron chi connectivity index (χ4n) is 2.78. The highest BCUT2D eigenvalue weighted by Crippen LogP contribution is 2.28. The van der Waals surface area contributed by atoms with Crippen LogP contribution in [0.3, 0.4) is 0 Å². The SMILES string of the molecule is COCCCn1cnc2oc(C)c(C(=O)Nc3nc(C(C)(C)C)cs3)c2c1=O. The number of fused-ring (bicyclic) bond motifs is 1. The quantitative estimate of drug-likeness (QED) is 0.633. The van der Waals surface area contributed by atoms with Crippen LogP contribution in [0.1, 0.15) is 49.0 Å². The molecule has 0 saturated carbocycles. The Labute approximate surface area is 166 Å². The van der Waals surface area contributed by atoms with Gasteiger partial charge in [0, 0.05) is 31.1 Å². The third-order valence-corrected chi connectivity index (χ3v) is 5.08. The van der Waals surface area contributed by atoms with Crippen molar-refractivity contribution in [2.24, 2.45) is 0 Å². The minimum absolute atomic E-state index is 0.114. The topological polar surface area (TPSA) is 99.2 Å². The highest BCUT2D eigenvalue weighted by atomic mass is 32.1. The van der Waals surface area contributed by atoms with Gasteiger partial charge in [0.15, 0.2) is 5.13 Å². The summed E-state index contributed by atoms with van der Waals surface area (Å²) in [6.07, 6.45) is 2.10. The van der Waals surface area contributed by atoms with E-state index in [1.165, 1.54) is 22.2 Å². The van der Waals surface area contributed by atoms with Crippen LogP contribution in [-0.4, -0.2) is 34.2 Å². The summed E-state index contributed by atoms with van der Waals surface area (Å²) in [5.41, 5.74) is 0.824. The molecule has 0 bridgehead atoms. The summed E-state index contributed by atoms with van der Waals surface area (Å²) in [5, 5.41) is 5.36. The number of ether oxygens (including phenoxy) is 1. The van der Waals surface area contributed by atoms with E-state index in [4.69, 9.17) is 9.15 Å². The molecule has 3 heterocycles. The van der Waals surface area contributed by atoms with E-state index in [9.17, 15) is 9.59 Å². The van der Waals surface area contributed by atoms with Gasteiger partial charge in [0.05, 0.1) is 11.3 Å². The average molecular weight is 404 g/mol. The van der Waals surface area contributed by atoms with Crippen LogP contribution in [-0.2, 0) is 16.7 Å². The molecule has 0 aliphatic carbocycles. The minimum atomic E-state index is -0.431. The second-order valence-electron chi connectivity index (χ2n) is 7.54. The molecule has 0 aliphatic heterocycles. The van der Waals surface area contributed by atoms with Crippen LogP contribution >= 0.6 is 11.3 Å². The molecule has 1 amide bonds. The lowest BCUT2D eigenvalue weighted by atomic mass is 9.93. The molecule has 0 aromatic carbocycles. The van der Waals surface area contributed by atoms with Gasteiger partial charge in [-0.25, -0.2) is 9.97 Å². The largest absolute Gasteiger partial charge is 0.442 e. The predicted octanol–water partition coefficient (Wildman–Crippen LogP) is 3.34. The van der Waals surface area contributed by atoms with Crippen LogP contribution in [0, 0.1) is 6.92 Å². The monoisotopic (exact) mass is 404 g/mol. The summed E-state index contributed by atoms with van der Waals surface area (Å²) < 4.78 is 12.0. The van der Waals surface area contributed by atoms with Gasteiger partial charge < -0.3 is 9.15 Å². The molecule has 0 atom stereocenters. The van der Waals surface area contributed by atoms with E-state index < -0.39 is 5.91 Å². The average Bonchev–Trinajstić information content (AvgIpc) is 3.21. The third-order valence-electron chi connectivity index (χ3n) is 4.32. The number of carbonyl (C=O) groups excluding carboxylic acids is 1. The second kappa shape index (κ2) is 7.84. The van der Waals surface area contributed by atoms with Gasteiger partial charge in [0.2, 0.25) is 5.71 Å². The van der Waals surface area contributed by atoms with E-state index in [1.807, 2.05) is 5.38 Å². The number of nitrogens with zero attached hydrogens (tertiary/aromatic N) is 3. The fourth-order valence-corrected chi connectivity index (χ4v) is 3.72. The number of thiazole rings is 1. The van der Waals surface area contributed by atoms with Crippen molar-refractivity contribution in [1.29, 1.82) is 0 Å². The van der Waals surface area contributed by atoms with E-state index in [0.29, 0.717) is 30.5 Å². The Kier molecular flexibility index (Phi) is 5.66. The summed E-state index contributed by atoms with van der Waals surface area (Å²) in [6.45, 7) is 8.79. The zero-order chi connectivity index (χ0) is 20.5. The number of nitrogens with one attached hydrogen (secondary N) is 1. The van der Waals surface area contributed by atoms with Gasteiger partial charge in [-0.1, -0.05) is 20.8 Å². The molecule has 0 aliphatic rings. The van der Waals surface area contributed by atoms with E-state index in [-0.39, 0.29) is 27.6 Å². The van der Waals surface area contributed by atoms with Crippen LogP contribution in [0.25, 0.3) is 11.1 Å². The van der Waals surface area contributed by atoms with Crippen LogP contribution in [0.2, 0.25) is 0 Å². The molecule has 0 radical (unpaired) electrons. The van der Waals surface area contributed by atoms with Crippen LogP contribution < -0.4 is 10.9 Å². The highest BCUT2D eigenvalue weighted by molar-refractivity contribution is 7.14. The first-order chi connectivity index (χ1) is 13.2. The summed E-state index contributed by atoms with van der Waals surface area (Å²) in [5.74, 6) is -0.0843. The number of amides is 1. The smallest absolute Gasteiger partial charge is 0.265 e. The van der Waals surface area contributed by atoms with E-state index in [1.54, 1.807) is 14.0 Å². The molecule has 8 nitrogen and oxygen atoms in total. The van der Waals surface area contributed by atoms with Crippen LogP contribution in [0.4, 0.5) is 5.13 Å². The molecule has 0 spiro atoms. The van der Waals surface area contributed by atoms with Crippen molar-refractivity contribution in [2.45, 2.75) is 46.1 Å². The van der Waals surface area contributed by atoms with Gasteiger partial charge >= 0.3 is 0 Å². The van der Waals surface area contributed by atoms with Crippen molar-refractivity contribution in [3.05, 3.63) is 39.1 Å². The van der Waals surface area contributed by atoms with Crippen molar-refractivity contribution in [3.63, 3.8) is 0 Å².